The molecule has 2 nitrogen and oxygen atoms in total. The Kier molecular flexibility index (Phi) is 2.18. The van der Waals surface area contributed by atoms with Crippen molar-refractivity contribution >= 4 is 11.6 Å². The number of allylic oxidation sites excluding steroid dienone is 2. The first-order chi connectivity index (χ1) is 12.3. The van der Waals surface area contributed by atoms with Crippen molar-refractivity contribution in [3.8, 4) is 6.07 Å². The first-order valence-electron chi connectivity index (χ1n) is 10.7. The van der Waals surface area contributed by atoms with Gasteiger partial charge in [-0.2, -0.15) is 5.26 Å². The summed E-state index contributed by atoms with van der Waals surface area (Å²) >= 11 is 6.75. The molecular weight excluding hydrogens is 330 g/mol. The summed E-state index contributed by atoms with van der Waals surface area (Å²) in [5.41, 5.74) is 0. The monoisotopic (exact) mass is 353 g/mol. The molecule has 2 aliphatic heterocycles. The summed E-state index contributed by atoms with van der Waals surface area (Å²) in [7, 11) is 0. The van der Waals surface area contributed by atoms with Crippen LogP contribution >= 0.6 is 11.6 Å². The third kappa shape index (κ3) is 1.21. The molecule has 5 saturated carbocycles. The fraction of sp³-hybridized carbons (Fsp3) is 0.864. The van der Waals surface area contributed by atoms with E-state index in [0.29, 0.717) is 35.9 Å². The molecule has 0 aromatic heterocycles. The SMILES string of the molecule is N#CC1C(Cl)C2CC1C1C3OC(C21)C1C2CC(C4C5C=CC(C5)C24)C31. The summed E-state index contributed by atoms with van der Waals surface area (Å²) in [4.78, 5) is 0. The van der Waals surface area contributed by atoms with Crippen LogP contribution in [-0.4, -0.2) is 17.6 Å². The number of hydrogen-bond donors (Lipinski definition) is 0. The average molecular weight is 354 g/mol. The van der Waals surface area contributed by atoms with Crippen LogP contribution in [-0.2, 0) is 4.74 Å². The van der Waals surface area contributed by atoms with E-state index in [1.807, 2.05) is 0 Å². The highest BCUT2D eigenvalue weighted by Crippen LogP contribution is 2.77. The Labute approximate surface area is 153 Å². The molecule has 0 radical (unpaired) electrons. The predicted molar refractivity (Wildman–Crippen MR) is 92.3 cm³/mol. The van der Waals surface area contributed by atoms with Crippen LogP contribution < -0.4 is 0 Å². The van der Waals surface area contributed by atoms with Crippen LogP contribution in [0.25, 0.3) is 0 Å². The normalized spacial score (nSPS) is 74.6. The Morgan fingerprint density at radius 3 is 1.96 bits per heavy atom. The standard InChI is InChI=1S/C22H24ClNO/c23-20-12-4-9(13(20)6-24)16-19(12)22-18-11-5-10(17(18)21(16)25-22)14-7-1-2-8(3-7)15(11)14/h1-2,7-22H,3-5H2. The fourth-order valence-electron chi connectivity index (χ4n) is 10.6. The van der Waals surface area contributed by atoms with Crippen LogP contribution in [0.1, 0.15) is 19.3 Å². The van der Waals surface area contributed by atoms with Gasteiger partial charge >= 0.3 is 0 Å². The zero-order valence-electron chi connectivity index (χ0n) is 14.2. The lowest BCUT2D eigenvalue weighted by Crippen LogP contribution is -2.51. The number of rotatable bonds is 0. The number of halogens is 1. The fourth-order valence-corrected chi connectivity index (χ4v) is 11.2. The van der Waals surface area contributed by atoms with E-state index < -0.39 is 0 Å². The molecule has 8 bridgehead atoms. The van der Waals surface area contributed by atoms with Gasteiger partial charge in [0.05, 0.1) is 29.6 Å². The molecule has 0 amide bonds. The Morgan fingerprint density at radius 2 is 1.32 bits per heavy atom. The largest absolute Gasteiger partial charge is 0.374 e. The molecule has 130 valence electrons. The molecule has 8 aliphatic rings. The van der Waals surface area contributed by atoms with Gasteiger partial charge in [-0.15, -0.1) is 11.6 Å². The van der Waals surface area contributed by atoms with E-state index in [1.165, 1.54) is 19.3 Å². The van der Waals surface area contributed by atoms with Crippen LogP contribution in [0.5, 0.6) is 0 Å². The second kappa shape index (κ2) is 4.00. The van der Waals surface area contributed by atoms with Gasteiger partial charge in [0.2, 0.25) is 0 Å². The van der Waals surface area contributed by atoms with E-state index in [-0.39, 0.29) is 11.3 Å². The Bertz CT molecular complexity index is 758. The highest BCUT2D eigenvalue weighted by atomic mass is 35.5. The van der Waals surface area contributed by atoms with Gasteiger partial charge in [0.1, 0.15) is 0 Å². The van der Waals surface area contributed by atoms with E-state index in [1.54, 1.807) is 0 Å². The molecule has 16 unspecified atom stereocenters. The van der Waals surface area contributed by atoms with Crippen molar-refractivity contribution in [2.24, 2.45) is 76.9 Å². The molecule has 25 heavy (non-hydrogen) atoms. The zero-order valence-corrected chi connectivity index (χ0v) is 15.0. The van der Waals surface area contributed by atoms with Crippen LogP contribution in [0.2, 0.25) is 0 Å². The van der Waals surface area contributed by atoms with Crippen molar-refractivity contribution in [3.05, 3.63) is 12.2 Å². The summed E-state index contributed by atoms with van der Waals surface area (Å²) in [6.07, 6.45) is 10.3. The molecule has 0 spiro atoms. The van der Waals surface area contributed by atoms with Crippen molar-refractivity contribution in [2.45, 2.75) is 36.8 Å². The second-order valence-electron chi connectivity index (χ2n) is 10.7. The van der Waals surface area contributed by atoms with Crippen molar-refractivity contribution < 1.29 is 4.74 Å². The number of nitrogens with zero attached hydrogens (tertiary/aromatic N) is 1. The summed E-state index contributed by atoms with van der Waals surface area (Å²) in [6, 6.07) is 2.57. The van der Waals surface area contributed by atoms with Gasteiger partial charge in [-0.05, 0) is 90.3 Å². The van der Waals surface area contributed by atoms with Crippen LogP contribution in [0.4, 0.5) is 0 Å². The Morgan fingerprint density at radius 1 is 0.760 bits per heavy atom. The van der Waals surface area contributed by atoms with Gasteiger partial charge in [0.25, 0.3) is 0 Å². The van der Waals surface area contributed by atoms with Crippen molar-refractivity contribution in [3.63, 3.8) is 0 Å². The minimum Gasteiger partial charge on any atom is -0.374 e. The first kappa shape index (κ1) is 13.6. The quantitative estimate of drug-likeness (QED) is 0.378. The third-order valence-electron chi connectivity index (χ3n) is 10.7. The Balaban J connectivity index is 1.22. The molecule has 2 heterocycles. The Hall–Kier alpha value is -0.520. The van der Waals surface area contributed by atoms with E-state index in [4.69, 9.17) is 16.3 Å². The van der Waals surface area contributed by atoms with Gasteiger partial charge < -0.3 is 4.74 Å². The van der Waals surface area contributed by atoms with E-state index >= 15 is 0 Å². The minimum atomic E-state index is 0.0890. The maximum absolute atomic E-state index is 9.65. The van der Waals surface area contributed by atoms with Gasteiger partial charge in [0, 0.05) is 0 Å². The zero-order chi connectivity index (χ0) is 16.2. The van der Waals surface area contributed by atoms with Gasteiger partial charge in [-0.3, -0.25) is 0 Å². The topological polar surface area (TPSA) is 33.0 Å². The molecule has 0 aromatic rings. The first-order valence-corrected chi connectivity index (χ1v) is 11.1. The molecular formula is C22H24ClNO. The molecule has 3 heteroatoms. The highest BCUT2D eigenvalue weighted by Gasteiger charge is 2.78. The summed E-state index contributed by atoms with van der Waals surface area (Å²) in [5, 5.41) is 9.75. The molecule has 8 rings (SSSR count). The van der Waals surface area contributed by atoms with E-state index in [9.17, 15) is 5.26 Å². The molecule has 6 aliphatic carbocycles. The number of hydrogen-bond acceptors (Lipinski definition) is 2. The lowest BCUT2D eigenvalue weighted by Gasteiger charge is -2.48. The average Bonchev–Trinajstić information content (AvgIpc) is 3.45. The maximum Gasteiger partial charge on any atom is 0.0674 e. The maximum atomic E-state index is 9.65. The number of alkyl halides is 1. The van der Waals surface area contributed by atoms with E-state index in [2.05, 4.69) is 18.2 Å². The van der Waals surface area contributed by atoms with Crippen LogP contribution in [0.3, 0.4) is 0 Å². The van der Waals surface area contributed by atoms with Crippen molar-refractivity contribution in [1.29, 1.82) is 5.26 Å². The lowest BCUT2D eigenvalue weighted by atomic mass is 9.54. The third-order valence-corrected chi connectivity index (χ3v) is 11.3. The predicted octanol–water partition coefficient (Wildman–Crippen LogP) is 3.72. The molecule has 0 N–H and O–H groups in total. The minimum absolute atomic E-state index is 0.0890. The molecule has 16 atom stereocenters. The van der Waals surface area contributed by atoms with Crippen molar-refractivity contribution in [1.82, 2.24) is 0 Å². The highest BCUT2D eigenvalue weighted by molar-refractivity contribution is 6.21. The number of fused-ring (bicyclic) bond motifs is 23. The molecule has 7 fully saturated rings. The van der Waals surface area contributed by atoms with Crippen LogP contribution in [0, 0.1) is 88.3 Å². The van der Waals surface area contributed by atoms with Crippen molar-refractivity contribution in [2.75, 3.05) is 0 Å². The van der Waals surface area contributed by atoms with E-state index in [0.717, 1.165) is 47.3 Å². The summed E-state index contributed by atoms with van der Waals surface area (Å²) < 4.78 is 6.78. The smallest absolute Gasteiger partial charge is 0.0674 e. The van der Waals surface area contributed by atoms with Gasteiger partial charge in [-0.25, -0.2) is 0 Å². The summed E-state index contributed by atoms with van der Waals surface area (Å²) in [5.74, 6) is 9.84. The summed E-state index contributed by atoms with van der Waals surface area (Å²) in [6.45, 7) is 0. The lowest BCUT2D eigenvalue weighted by molar-refractivity contribution is 0.0177. The molecule has 2 saturated heterocycles. The van der Waals surface area contributed by atoms with Gasteiger partial charge in [0.15, 0.2) is 0 Å². The number of nitriles is 1. The number of ether oxygens (including phenoxy) is 1. The molecule has 0 aromatic carbocycles. The second-order valence-corrected chi connectivity index (χ2v) is 11.2. The van der Waals surface area contributed by atoms with Gasteiger partial charge in [-0.1, -0.05) is 12.2 Å². The van der Waals surface area contributed by atoms with Crippen LogP contribution in [0.15, 0.2) is 12.2 Å².